The van der Waals surface area contributed by atoms with Crippen molar-refractivity contribution in [1.29, 1.82) is 0 Å². The fourth-order valence-corrected chi connectivity index (χ4v) is 1.81. The highest BCUT2D eigenvalue weighted by Gasteiger charge is 2.03. The Kier molecular flexibility index (Phi) is 7.17. The summed E-state index contributed by atoms with van der Waals surface area (Å²) in [5.74, 6) is -0.865. The van der Waals surface area contributed by atoms with Crippen LogP contribution in [0, 0.1) is 0 Å². The van der Waals surface area contributed by atoms with Gasteiger partial charge in [0.15, 0.2) is 0 Å². The third-order valence-electron chi connectivity index (χ3n) is 2.88. The predicted octanol–water partition coefficient (Wildman–Crippen LogP) is 3.02. The Labute approximate surface area is 119 Å². The van der Waals surface area contributed by atoms with Gasteiger partial charge in [-0.15, -0.1) is 0 Å². The fourth-order valence-electron chi connectivity index (χ4n) is 1.81. The van der Waals surface area contributed by atoms with E-state index in [4.69, 9.17) is 5.11 Å². The highest BCUT2D eigenvalue weighted by Crippen LogP contribution is 2.10. The number of hydrogen-bond acceptors (Lipinski definition) is 2. The smallest absolute Gasteiger partial charge is 0.319 e. The van der Waals surface area contributed by atoms with Crippen LogP contribution in [-0.4, -0.2) is 23.7 Å². The largest absolute Gasteiger partial charge is 0.481 e. The minimum Gasteiger partial charge on any atom is -0.481 e. The molecule has 0 aliphatic carbocycles. The van der Waals surface area contributed by atoms with Crippen LogP contribution in [0.3, 0.4) is 0 Å². The summed E-state index contributed by atoms with van der Waals surface area (Å²) in [6.07, 6.45) is 4.46. The van der Waals surface area contributed by atoms with Crippen molar-refractivity contribution in [3.63, 3.8) is 0 Å². The first-order valence-corrected chi connectivity index (χ1v) is 6.97. The number of carboxylic acids is 1. The Morgan fingerprint density at radius 3 is 2.40 bits per heavy atom. The molecule has 1 rings (SSSR count). The van der Waals surface area contributed by atoms with E-state index in [1.54, 1.807) is 24.3 Å². The molecular weight excluding hydrogens is 256 g/mol. The number of hydrogen-bond donors (Lipinski definition) is 3. The van der Waals surface area contributed by atoms with Crippen LogP contribution in [0.2, 0.25) is 0 Å². The molecule has 5 nitrogen and oxygen atoms in total. The maximum Gasteiger partial charge on any atom is 0.319 e. The van der Waals surface area contributed by atoms with Gasteiger partial charge in [-0.2, -0.15) is 0 Å². The third kappa shape index (κ3) is 6.78. The van der Waals surface area contributed by atoms with E-state index in [1.807, 2.05) is 0 Å². The number of aliphatic carboxylic acids is 1. The zero-order valence-electron chi connectivity index (χ0n) is 11.8. The molecule has 0 unspecified atom stereocenters. The summed E-state index contributed by atoms with van der Waals surface area (Å²) in [6, 6.07) is 6.58. The fraction of sp³-hybridized carbons (Fsp3) is 0.467. The Balaban J connectivity index is 2.29. The molecule has 0 spiro atoms. The summed E-state index contributed by atoms with van der Waals surface area (Å²) >= 11 is 0. The van der Waals surface area contributed by atoms with E-state index in [1.165, 1.54) is 12.8 Å². The highest BCUT2D eigenvalue weighted by atomic mass is 16.4. The molecule has 2 amide bonds. The van der Waals surface area contributed by atoms with E-state index < -0.39 is 5.97 Å². The lowest BCUT2D eigenvalue weighted by atomic mass is 10.1. The number of carbonyl (C=O) groups is 2. The van der Waals surface area contributed by atoms with E-state index in [0.717, 1.165) is 12.8 Å². The van der Waals surface area contributed by atoms with Crippen LogP contribution in [0.4, 0.5) is 10.5 Å². The van der Waals surface area contributed by atoms with Gasteiger partial charge in [0.1, 0.15) is 0 Å². The Hall–Kier alpha value is -2.04. The minimum atomic E-state index is -0.865. The van der Waals surface area contributed by atoms with E-state index in [0.29, 0.717) is 17.8 Å². The molecule has 110 valence electrons. The number of carboxylic acid groups (broad SMARTS) is 1. The van der Waals surface area contributed by atoms with Crippen molar-refractivity contribution in [3.8, 4) is 0 Å². The number of nitrogens with one attached hydrogen (secondary N) is 2. The number of urea groups is 1. The van der Waals surface area contributed by atoms with Crippen LogP contribution < -0.4 is 10.6 Å². The summed E-state index contributed by atoms with van der Waals surface area (Å²) in [6.45, 7) is 2.82. The minimum absolute atomic E-state index is 0.0100. The Bertz CT molecular complexity index is 429. The van der Waals surface area contributed by atoms with E-state index in [9.17, 15) is 9.59 Å². The van der Waals surface area contributed by atoms with Crippen molar-refractivity contribution >= 4 is 17.7 Å². The second kappa shape index (κ2) is 8.96. The van der Waals surface area contributed by atoms with Crippen LogP contribution in [0.15, 0.2) is 24.3 Å². The molecule has 0 fully saturated rings. The van der Waals surface area contributed by atoms with Crippen LogP contribution in [-0.2, 0) is 11.2 Å². The maximum atomic E-state index is 11.6. The van der Waals surface area contributed by atoms with Crippen molar-refractivity contribution in [1.82, 2.24) is 5.32 Å². The first kappa shape index (κ1) is 16.0. The summed E-state index contributed by atoms with van der Waals surface area (Å²) in [5, 5.41) is 14.2. The predicted molar refractivity (Wildman–Crippen MR) is 78.9 cm³/mol. The molecule has 0 radical (unpaired) electrons. The zero-order chi connectivity index (χ0) is 14.8. The molecule has 5 heteroatoms. The number of amides is 2. The Morgan fingerprint density at radius 2 is 1.80 bits per heavy atom. The van der Waals surface area contributed by atoms with Gasteiger partial charge in [-0.3, -0.25) is 4.79 Å². The number of rotatable bonds is 8. The summed E-state index contributed by atoms with van der Waals surface area (Å²) < 4.78 is 0. The number of unbranched alkanes of at least 4 members (excludes halogenated alkanes) is 3. The first-order valence-electron chi connectivity index (χ1n) is 6.97. The second-order valence-electron chi connectivity index (χ2n) is 4.71. The summed E-state index contributed by atoms with van der Waals surface area (Å²) in [7, 11) is 0. The molecule has 3 N–H and O–H groups in total. The summed E-state index contributed by atoms with van der Waals surface area (Å²) in [4.78, 5) is 22.1. The molecule has 0 saturated carbocycles. The van der Waals surface area contributed by atoms with Crippen LogP contribution >= 0.6 is 0 Å². The monoisotopic (exact) mass is 278 g/mol. The van der Waals surface area contributed by atoms with E-state index in [-0.39, 0.29) is 12.5 Å². The number of anilines is 1. The van der Waals surface area contributed by atoms with Crippen molar-refractivity contribution < 1.29 is 14.7 Å². The molecule has 1 aromatic rings. The number of carbonyl (C=O) groups excluding carboxylic acids is 1. The molecule has 1 aromatic carbocycles. The topological polar surface area (TPSA) is 78.4 Å². The second-order valence-corrected chi connectivity index (χ2v) is 4.71. The molecule has 20 heavy (non-hydrogen) atoms. The standard InChI is InChI=1S/C15H22N2O3/c1-2-3-4-5-10-16-15(20)17-13-8-6-12(7-9-13)11-14(18)19/h6-9H,2-5,10-11H2,1H3,(H,18,19)(H2,16,17,20). The summed E-state index contributed by atoms with van der Waals surface area (Å²) in [5.41, 5.74) is 1.37. The van der Waals surface area contributed by atoms with Gasteiger partial charge in [-0.25, -0.2) is 4.79 Å². The average Bonchev–Trinajstić information content (AvgIpc) is 2.40. The van der Waals surface area contributed by atoms with Gasteiger partial charge in [-0.1, -0.05) is 38.3 Å². The molecular formula is C15H22N2O3. The maximum absolute atomic E-state index is 11.6. The molecule has 0 bridgehead atoms. The SMILES string of the molecule is CCCCCCNC(=O)Nc1ccc(CC(=O)O)cc1. The highest BCUT2D eigenvalue weighted by molar-refractivity contribution is 5.89. The van der Waals surface area contributed by atoms with Gasteiger partial charge < -0.3 is 15.7 Å². The van der Waals surface area contributed by atoms with E-state index in [2.05, 4.69) is 17.6 Å². The van der Waals surface area contributed by atoms with Crippen LogP contribution in [0.25, 0.3) is 0 Å². The van der Waals surface area contributed by atoms with Gasteiger partial charge in [0.05, 0.1) is 6.42 Å². The van der Waals surface area contributed by atoms with Crippen molar-refractivity contribution in [2.24, 2.45) is 0 Å². The quantitative estimate of drug-likeness (QED) is 0.640. The zero-order valence-corrected chi connectivity index (χ0v) is 11.8. The van der Waals surface area contributed by atoms with Gasteiger partial charge in [0.2, 0.25) is 0 Å². The van der Waals surface area contributed by atoms with Gasteiger partial charge in [-0.05, 0) is 24.1 Å². The third-order valence-corrected chi connectivity index (χ3v) is 2.88. The van der Waals surface area contributed by atoms with Crippen LogP contribution in [0.1, 0.15) is 38.2 Å². The molecule has 0 aliphatic heterocycles. The lowest BCUT2D eigenvalue weighted by Crippen LogP contribution is -2.29. The van der Waals surface area contributed by atoms with Crippen molar-refractivity contribution in [3.05, 3.63) is 29.8 Å². The first-order chi connectivity index (χ1) is 9.61. The Morgan fingerprint density at radius 1 is 1.10 bits per heavy atom. The van der Waals surface area contributed by atoms with Crippen molar-refractivity contribution in [2.75, 3.05) is 11.9 Å². The van der Waals surface area contributed by atoms with Crippen LogP contribution in [0.5, 0.6) is 0 Å². The van der Waals surface area contributed by atoms with Gasteiger partial charge in [0, 0.05) is 12.2 Å². The number of benzene rings is 1. The van der Waals surface area contributed by atoms with E-state index >= 15 is 0 Å². The molecule has 0 heterocycles. The average molecular weight is 278 g/mol. The molecule has 0 aliphatic rings. The normalized spacial score (nSPS) is 10.1. The molecule has 0 atom stereocenters. The molecule has 0 aromatic heterocycles. The van der Waals surface area contributed by atoms with Gasteiger partial charge >= 0.3 is 12.0 Å². The van der Waals surface area contributed by atoms with Crippen molar-refractivity contribution in [2.45, 2.75) is 39.0 Å². The lowest BCUT2D eigenvalue weighted by molar-refractivity contribution is -0.136. The lowest BCUT2D eigenvalue weighted by Gasteiger charge is -2.08. The van der Waals surface area contributed by atoms with Gasteiger partial charge in [0.25, 0.3) is 0 Å². The molecule has 0 saturated heterocycles.